The number of hydrogen-bond acceptors (Lipinski definition) is 3. The van der Waals surface area contributed by atoms with Gasteiger partial charge in [0.05, 0.1) is 4.34 Å². The molecule has 1 aromatic heterocycles. The number of sulfonamides is 1. The van der Waals surface area contributed by atoms with Gasteiger partial charge in [-0.25, -0.2) is 12.8 Å². The van der Waals surface area contributed by atoms with E-state index in [9.17, 15) is 12.8 Å². The third kappa shape index (κ3) is 3.15. The highest BCUT2D eigenvalue weighted by Crippen LogP contribution is 2.35. The van der Waals surface area contributed by atoms with E-state index in [4.69, 9.17) is 23.2 Å². The maximum absolute atomic E-state index is 13.6. The van der Waals surface area contributed by atoms with Crippen LogP contribution < -0.4 is 0 Å². The first-order chi connectivity index (χ1) is 9.32. The molecular weight excluding hydrogens is 344 g/mol. The molecule has 8 heteroatoms. The van der Waals surface area contributed by atoms with E-state index in [-0.39, 0.29) is 25.7 Å². The largest absolute Gasteiger partial charge is 0.245 e. The third-order valence-electron chi connectivity index (χ3n) is 2.66. The van der Waals surface area contributed by atoms with E-state index in [1.807, 2.05) is 0 Å². The minimum absolute atomic E-state index is 0.0620. The summed E-state index contributed by atoms with van der Waals surface area (Å²) in [5.41, 5.74) is 0.288. The van der Waals surface area contributed by atoms with Crippen LogP contribution in [-0.2, 0) is 16.6 Å². The molecule has 1 aromatic carbocycles. The Balaban J connectivity index is 2.31. The number of halogens is 3. The van der Waals surface area contributed by atoms with Gasteiger partial charge in [-0.3, -0.25) is 0 Å². The predicted octanol–water partition coefficient (Wildman–Crippen LogP) is 4.01. The van der Waals surface area contributed by atoms with Crippen LogP contribution in [0.4, 0.5) is 4.39 Å². The van der Waals surface area contributed by atoms with Crippen molar-refractivity contribution in [3.63, 3.8) is 0 Å². The molecule has 2 aromatic rings. The van der Waals surface area contributed by atoms with Crippen LogP contribution >= 0.6 is 34.5 Å². The molecule has 20 heavy (non-hydrogen) atoms. The fourth-order valence-corrected chi connectivity index (χ4v) is 4.88. The Morgan fingerprint density at radius 2 is 1.95 bits per heavy atom. The van der Waals surface area contributed by atoms with E-state index < -0.39 is 15.8 Å². The van der Waals surface area contributed by atoms with E-state index >= 15 is 0 Å². The summed E-state index contributed by atoms with van der Waals surface area (Å²) in [6.45, 7) is -0.0845. The highest BCUT2D eigenvalue weighted by molar-refractivity contribution is 7.89. The van der Waals surface area contributed by atoms with Gasteiger partial charge in [-0.15, -0.1) is 11.3 Å². The fourth-order valence-electron chi connectivity index (χ4n) is 1.62. The molecule has 0 amide bonds. The lowest BCUT2D eigenvalue weighted by Crippen LogP contribution is -2.26. The standard InChI is InChI=1S/C12H10Cl2FNO2S2/c1-16(7-8-4-2-3-5-9(8)15)20(17,18)10-6-11(13)19-12(10)14/h2-6H,7H2,1H3. The van der Waals surface area contributed by atoms with Crippen molar-refractivity contribution in [3.8, 4) is 0 Å². The molecule has 3 nitrogen and oxygen atoms in total. The maximum atomic E-state index is 13.6. The van der Waals surface area contributed by atoms with Gasteiger partial charge in [0.15, 0.2) is 0 Å². The van der Waals surface area contributed by atoms with Crippen molar-refractivity contribution in [2.75, 3.05) is 7.05 Å². The van der Waals surface area contributed by atoms with Crippen molar-refractivity contribution in [1.29, 1.82) is 0 Å². The van der Waals surface area contributed by atoms with Gasteiger partial charge in [-0.1, -0.05) is 41.4 Å². The molecule has 108 valence electrons. The molecule has 0 unspecified atom stereocenters. The Labute approximate surface area is 130 Å². The van der Waals surface area contributed by atoms with Crippen LogP contribution in [0.5, 0.6) is 0 Å². The lowest BCUT2D eigenvalue weighted by Gasteiger charge is -2.17. The first-order valence-electron chi connectivity index (χ1n) is 5.47. The van der Waals surface area contributed by atoms with Gasteiger partial charge in [0, 0.05) is 19.2 Å². The Morgan fingerprint density at radius 1 is 1.30 bits per heavy atom. The molecule has 0 aliphatic carbocycles. The Kier molecular flexibility index (Phi) is 4.71. The van der Waals surface area contributed by atoms with Crippen LogP contribution in [0, 0.1) is 5.82 Å². The second kappa shape index (κ2) is 5.99. The van der Waals surface area contributed by atoms with Crippen LogP contribution in [0.2, 0.25) is 8.67 Å². The molecule has 0 N–H and O–H groups in total. The summed E-state index contributed by atoms with van der Waals surface area (Å²) in [6, 6.07) is 7.30. The number of benzene rings is 1. The van der Waals surface area contributed by atoms with Gasteiger partial charge in [-0.2, -0.15) is 4.31 Å². The second-order valence-electron chi connectivity index (χ2n) is 4.04. The summed E-state index contributed by atoms with van der Waals surface area (Å²) in [5, 5.41) is 0. The average molecular weight is 354 g/mol. The summed E-state index contributed by atoms with van der Waals surface area (Å²) < 4.78 is 39.7. The van der Waals surface area contributed by atoms with Gasteiger partial charge in [-0.05, 0) is 12.1 Å². The Morgan fingerprint density at radius 3 is 2.50 bits per heavy atom. The lowest BCUT2D eigenvalue weighted by atomic mass is 10.2. The maximum Gasteiger partial charge on any atom is 0.245 e. The summed E-state index contributed by atoms with van der Waals surface area (Å²) in [4.78, 5) is -0.0620. The highest BCUT2D eigenvalue weighted by Gasteiger charge is 2.26. The van der Waals surface area contributed by atoms with E-state index in [1.54, 1.807) is 12.1 Å². The number of hydrogen-bond donors (Lipinski definition) is 0. The van der Waals surface area contributed by atoms with Gasteiger partial charge in [0.1, 0.15) is 15.0 Å². The van der Waals surface area contributed by atoms with Crippen LogP contribution in [0.3, 0.4) is 0 Å². The van der Waals surface area contributed by atoms with Crippen LogP contribution in [0.15, 0.2) is 35.2 Å². The van der Waals surface area contributed by atoms with Gasteiger partial charge < -0.3 is 0 Å². The summed E-state index contributed by atoms with van der Waals surface area (Å²) in [7, 11) is -2.44. The van der Waals surface area contributed by atoms with Gasteiger partial charge >= 0.3 is 0 Å². The van der Waals surface area contributed by atoms with Crippen molar-refractivity contribution in [2.24, 2.45) is 0 Å². The molecule has 0 spiro atoms. The Hall–Kier alpha value is -0.660. The monoisotopic (exact) mass is 353 g/mol. The predicted molar refractivity (Wildman–Crippen MR) is 79.4 cm³/mol. The zero-order chi connectivity index (χ0) is 14.9. The fraction of sp³-hybridized carbons (Fsp3) is 0.167. The third-order valence-corrected chi connectivity index (χ3v) is 6.22. The van der Waals surface area contributed by atoms with E-state index in [0.717, 1.165) is 15.6 Å². The van der Waals surface area contributed by atoms with Crippen molar-refractivity contribution in [2.45, 2.75) is 11.4 Å². The van der Waals surface area contributed by atoms with Gasteiger partial charge in [0.2, 0.25) is 10.0 Å². The molecule has 0 aliphatic rings. The van der Waals surface area contributed by atoms with E-state index in [2.05, 4.69) is 0 Å². The van der Waals surface area contributed by atoms with Gasteiger partial charge in [0.25, 0.3) is 0 Å². The SMILES string of the molecule is CN(Cc1ccccc1F)S(=O)(=O)c1cc(Cl)sc1Cl. The van der Waals surface area contributed by atoms with Crippen LogP contribution in [0.25, 0.3) is 0 Å². The van der Waals surface area contributed by atoms with Crippen molar-refractivity contribution >= 4 is 44.6 Å². The summed E-state index contributed by atoms with van der Waals surface area (Å²) in [6.07, 6.45) is 0. The van der Waals surface area contributed by atoms with Crippen molar-refractivity contribution in [3.05, 3.63) is 50.4 Å². The number of thiophene rings is 1. The second-order valence-corrected chi connectivity index (χ2v) is 8.34. The van der Waals surface area contributed by atoms with Crippen molar-refractivity contribution in [1.82, 2.24) is 4.31 Å². The topological polar surface area (TPSA) is 37.4 Å². The normalized spacial score (nSPS) is 12.1. The molecule has 0 bridgehead atoms. The molecule has 0 saturated heterocycles. The highest BCUT2D eigenvalue weighted by atomic mass is 35.5. The number of nitrogens with zero attached hydrogens (tertiary/aromatic N) is 1. The molecule has 0 aliphatic heterocycles. The lowest BCUT2D eigenvalue weighted by molar-refractivity contribution is 0.456. The van der Waals surface area contributed by atoms with E-state index in [0.29, 0.717) is 0 Å². The first kappa shape index (κ1) is 15.7. The van der Waals surface area contributed by atoms with Crippen molar-refractivity contribution < 1.29 is 12.8 Å². The minimum Gasteiger partial charge on any atom is -0.207 e. The van der Waals surface area contributed by atoms with Crippen LogP contribution in [-0.4, -0.2) is 19.8 Å². The Bertz CT molecular complexity index is 731. The summed E-state index contributed by atoms with van der Waals surface area (Å²) >= 11 is 12.6. The van der Waals surface area contributed by atoms with E-state index in [1.165, 1.54) is 25.2 Å². The number of rotatable bonds is 4. The molecule has 0 saturated carbocycles. The molecule has 0 fully saturated rings. The van der Waals surface area contributed by atoms with Crippen LogP contribution in [0.1, 0.15) is 5.56 Å². The average Bonchev–Trinajstić information content (AvgIpc) is 2.72. The first-order valence-corrected chi connectivity index (χ1v) is 8.48. The molecule has 0 radical (unpaired) electrons. The molecule has 1 heterocycles. The smallest absolute Gasteiger partial charge is 0.207 e. The molecule has 0 atom stereocenters. The zero-order valence-corrected chi connectivity index (χ0v) is 13.5. The summed E-state index contributed by atoms with van der Waals surface area (Å²) in [5.74, 6) is -0.455. The zero-order valence-electron chi connectivity index (χ0n) is 10.3. The quantitative estimate of drug-likeness (QED) is 0.832. The molecular formula is C12H10Cl2FNO2S2. The molecule has 2 rings (SSSR count). The minimum atomic E-state index is -3.80.